The number of H-pyrrole nitrogens is 1. The quantitative estimate of drug-likeness (QED) is 0.707. The molecule has 0 aliphatic carbocycles. The Morgan fingerprint density at radius 3 is 2.52 bits per heavy atom. The highest BCUT2D eigenvalue weighted by Gasteiger charge is 2.14. The summed E-state index contributed by atoms with van der Waals surface area (Å²) >= 11 is 0. The van der Waals surface area contributed by atoms with E-state index in [2.05, 4.69) is 5.10 Å². The first kappa shape index (κ1) is 13.6. The zero-order valence-corrected chi connectivity index (χ0v) is 11.9. The Kier molecular flexibility index (Phi) is 2.96. The molecule has 0 spiro atoms. The molecule has 3 rings (SSSR count). The largest absolute Gasteiger partial charge is 0.295 e. The second kappa shape index (κ2) is 4.57. The lowest BCUT2D eigenvalue weighted by atomic mass is 10.1. The predicted octanol–water partition coefficient (Wildman–Crippen LogP) is 1.87. The summed E-state index contributed by atoms with van der Waals surface area (Å²) in [6.07, 6.45) is 0. The van der Waals surface area contributed by atoms with Gasteiger partial charge in [0.15, 0.2) is 0 Å². The average Bonchev–Trinajstić information content (AvgIpc) is 2.75. The van der Waals surface area contributed by atoms with Crippen LogP contribution < -0.4 is 5.56 Å². The number of aromatic amines is 1. The average molecular weight is 304 g/mol. The van der Waals surface area contributed by atoms with E-state index < -0.39 is 10.1 Å². The topological polar surface area (TPSA) is 92.2 Å². The van der Waals surface area contributed by atoms with Crippen molar-refractivity contribution in [2.45, 2.75) is 11.8 Å². The number of aromatic nitrogens is 2. The maximum atomic E-state index is 11.8. The monoisotopic (exact) mass is 304 g/mol. The Labute approximate surface area is 120 Å². The summed E-state index contributed by atoms with van der Waals surface area (Å²) in [5.41, 5.74) is 1.12. The summed E-state index contributed by atoms with van der Waals surface area (Å²) in [7, 11) is -4.29. The molecule has 3 aromatic rings. The van der Waals surface area contributed by atoms with E-state index in [0.717, 1.165) is 5.69 Å². The minimum Gasteiger partial charge on any atom is -0.295 e. The van der Waals surface area contributed by atoms with Gasteiger partial charge in [0, 0.05) is 17.1 Å². The normalized spacial score (nSPS) is 11.9. The van der Waals surface area contributed by atoms with Gasteiger partial charge in [-0.05, 0) is 30.5 Å². The predicted molar refractivity (Wildman–Crippen MR) is 78.4 cm³/mol. The lowest BCUT2D eigenvalue weighted by Crippen LogP contribution is -2.13. The van der Waals surface area contributed by atoms with Crippen molar-refractivity contribution in [3.8, 4) is 5.69 Å². The van der Waals surface area contributed by atoms with Gasteiger partial charge in [-0.3, -0.25) is 14.4 Å². The van der Waals surface area contributed by atoms with E-state index in [1.807, 2.05) is 0 Å². The fourth-order valence-electron chi connectivity index (χ4n) is 2.31. The number of hydrogen-bond acceptors (Lipinski definition) is 3. The van der Waals surface area contributed by atoms with Crippen LogP contribution in [-0.4, -0.2) is 22.8 Å². The van der Waals surface area contributed by atoms with Gasteiger partial charge in [0.05, 0.1) is 5.69 Å². The molecular formula is C14H12N2O4S. The van der Waals surface area contributed by atoms with Crippen molar-refractivity contribution in [2.75, 3.05) is 0 Å². The molecule has 0 saturated carbocycles. The molecule has 0 unspecified atom stereocenters. The van der Waals surface area contributed by atoms with E-state index in [1.165, 1.54) is 22.9 Å². The standard InChI is InChI=1S/C14H12N2O4S/c1-9-7-14(17)16(15-9)11-5-6-12-10(8-11)3-2-4-13(12)21(18,19)20/h2-8,15H,1H3,(H,18,19,20). The second-order valence-electron chi connectivity index (χ2n) is 4.75. The van der Waals surface area contributed by atoms with Crippen LogP contribution in [0.4, 0.5) is 0 Å². The van der Waals surface area contributed by atoms with Crippen LogP contribution in [0.25, 0.3) is 16.5 Å². The van der Waals surface area contributed by atoms with Crippen LogP contribution in [-0.2, 0) is 10.1 Å². The summed E-state index contributed by atoms with van der Waals surface area (Å²) in [6.45, 7) is 1.77. The summed E-state index contributed by atoms with van der Waals surface area (Å²) < 4.78 is 33.3. The number of hydrogen-bond donors (Lipinski definition) is 2. The Balaban J connectivity index is 2.28. The second-order valence-corrected chi connectivity index (χ2v) is 6.14. The number of aryl methyl sites for hydroxylation is 1. The highest BCUT2D eigenvalue weighted by atomic mass is 32.2. The van der Waals surface area contributed by atoms with Crippen molar-refractivity contribution >= 4 is 20.9 Å². The molecule has 6 nitrogen and oxygen atoms in total. The number of fused-ring (bicyclic) bond motifs is 1. The Bertz CT molecular complexity index is 999. The van der Waals surface area contributed by atoms with Crippen molar-refractivity contribution in [1.82, 2.24) is 9.78 Å². The molecule has 0 saturated heterocycles. The summed E-state index contributed by atoms with van der Waals surface area (Å²) in [5.74, 6) is 0. The van der Waals surface area contributed by atoms with Gasteiger partial charge >= 0.3 is 0 Å². The lowest BCUT2D eigenvalue weighted by molar-refractivity contribution is 0.484. The molecule has 0 bridgehead atoms. The summed E-state index contributed by atoms with van der Waals surface area (Å²) in [5, 5.41) is 3.92. The van der Waals surface area contributed by atoms with Crippen LogP contribution in [0.15, 0.2) is 52.2 Å². The molecule has 0 aliphatic rings. The van der Waals surface area contributed by atoms with E-state index >= 15 is 0 Å². The molecule has 0 radical (unpaired) electrons. The Morgan fingerprint density at radius 2 is 1.90 bits per heavy atom. The zero-order chi connectivity index (χ0) is 15.2. The number of nitrogens with zero attached hydrogens (tertiary/aromatic N) is 1. The van der Waals surface area contributed by atoms with Crippen LogP contribution in [0.2, 0.25) is 0 Å². The van der Waals surface area contributed by atoms with E-state index in [0.29, 0.717) is 16.5 Å². The van der Waals surface area contributed by atoms with Crippen LogP contribution in [0, 0.1) is 6.92 Å². The molecule has 108 valence electrons. The van der Waals surface area contributed by atoms with Crippen molar-refractivity contribution in [3.63, 3.8) is 0 Å². The fraction of sp³-hybridized carbons (Fsp3) is 0.0714. The van der Waals surface area contributed by atoms with Gasteiger partial charge < -0.3 is 0 Å². The number of benzene rings is 2. The Hall–Kier alpha value is -2.38. The fourth-order valence-corrected chi connectivity index (χ4v) is 3.03. The van der Waals surface area contributed by atoms with E-state index in [9.17, 15) is 17.8 Å². The smallest absolute Gasteiger partial charge is 0.295 e. The van der Waals surface area contributed by atoms with Gasteiger partial charge in [-0.25, -0.2) is 4.68 Å². The van der Waals surface area contributed by atoms with Crippen molar-refractivity contribution in [1.29, 1.82) is 0 Å². The minimum absolute atomic E-state index is 0.151. The van der Waals surface area contributed by atoms with E-state index in [1.54, 1.807) is 31.2 Å². The van der Waals surface area contributed by atoms with Gasteiger partial charge in [0.1, 0.15) is 4.90 Å². The molecular weight excluding hydrogens is 292 g/mol. The van der Waals surface area contributed by atoms with Crippen LogP contribution >= 0.6 is 0 Å². The van der Waals surface area contributed by atoms with Gasteiger partial charge in [-0.15, -0.1) is 0 Å². The van der Waals surface area contributed by atoms with Crippen molar-refractivity contribution in [2.24, 2.45) is 0 Å². The van der Waals surface area contributed by atoms with E-state index in [4.69, 9.17) is 0 Å². The summed E-state index contributed by atoms with van der Waals surface area (Å²) in [4.78, 5) is 11.6. The van der Waals surface area contributed by atoms with Gasteiger partial charge in [0.25, 0.3) is 15.7 Å². The Morgan fingerprint density at radius 1 is 1.14 bits per heavy atom. The minimum atomic E-state index is -4.29. The van der Waals surface area contributed by atoms with Crippen LogP contribution in [0.3, 0.4) is 0 Å². The SMILES string of the molecule is Cc1cc(=O)n(-c2ccc3c(S(=O)(=O)O)cccc3c2)[nH]1. The highest BCUT2D eigenvalue weighted by molar-refractivity contribution is 7.86. The molecule has 7 heteroatoms. The number of nitrogens with one attached hydrogen (secondary N) is 1. The lowest BCUT2D eigenvalue weighted by Gasteiger charge is -2.07. The maximum absolute atomic E-state index is 11.8. The molecule has 21 heavy (non-hydrogen) atoms. The third-order valence-electron chi connectivity index (χ3n) is 3.21. The molecule has 0 amide bonds. The first-order valence-corrected chi connectivity index (χ1v) is 7.59. The first-order chi connectivity index (χ1) is 9.86. The third-order valence-corrected chi connectivity index (χ3v) is 4.12. The highest BCUT2D eigenvalue weighted by Crippen LogP contribution is 2.24. The molecule has 1 heterocycles. The molecule has 0 aliphatic heterocycles. The van der Waals surface area contributed by atoms with E-state index in [-0.39, 0.29) is 10.5 Å². The maximum Gasteiger partial charge on any atom is 0.295 e. The van der Waals surface area contributed by atoms with Crippen LogP contribution in [0.1, 0.15) is 5.69 Å². The first-order valence-electron chi connectivity index (χ1n) is 6.15. The van der Waals surface area contributed by atoms with Gasteiger partial charge in [-0.2, -0.15) is 8.42 Å². The molecule has 0 atom stereocenters. The van der Waals surface area contributed by atoms with Crippen molar-refractivity contribution < 1.29 is 13.0 Å². The number of rotatable bonds is 2. The summed E-state index contributed by atoms with van der Waals surface area (Å²) in [6, 6.07) is 10.9. The molecule has 1 aromatic heterocycles. The molecule has 2 aromatic carbocycles. The zero-order valence-electron chi connectivity index (χ0n) is 11.1. The van der Waals surface area contributed by atoms with Gasteiger partial charge in [0.2, 0.25) is 0 Å². The molecule has 2 N–H and O–H groups in total. The third kappa shape index (κ3) is 2.37. The van der Waals surface area contributed by atoms with Crippen molar-refractivity contribution in [3.05, 3.63) is 58.5 Å². The molecule has 0 fully saturated rings. The van der Waals surface area contributed by atoms with Gasteiger partial charge in [-0.1, -0.05) is 18.2 Å². The van der Waals surface area contributed by atoms with Crippen LogP contribution in [0.5, 0.6) is 0 Å².